The minimum atomic E-state index is -0.204. The predicted molar refractivity (Wildman–Crippen MR) is 92.6 cm³/mol. The quantitative estimate of drug-likeness (QED) is 0.799. The van der Waals surface area contributed by atoms with Crippen molar-refractivity contribution in [2.45, 2.75) is 52.1 Å². The number of hydrogen-bond donors (Lipinski definition) is 0. The third kappa shape index (κ3) is 4.22. The molecule has 2 heteroatoms. The van der Waals surface area contributed by atoms with E-state index in [2.05, 4.69) is 42.5 Å². The lowest BCUT2D eigenvalue weighted by Gasteiger charge is -2.17. The maximum absolute atomic E-state index is 11.2. The standard InChI is InChI=1S/C21H24O2/c1-15(23-16(2)22)13-21-14-19-8-7-17-3-5-18(6-4-17)9-11-20(21)12-10-19/h3-6,10,12,14-15H,7-9,11,13H2,1-2H3. The average molecular weight is 308 g/mol. The molecule has 2 aromatic carbocycles. The van der Waals surface area contributed by atoms with Gasteiger partial charge in [-0.15, -0.1) is 0 Å². The highest BCUT2D eigenvalue weighted by molar-refractivity contribution is 5.66. The number of aryl methyl sites for hydroxylation is 4. The number of carbonyl (C=O) groups excluding carboxylic acids is 1. The van der Waals surface area contributed by atoms with Gasteiger partial charge in [-0.25, -0.2) is 0 Å². The Labute approximate surface area is 138 Å². The van der Waals surface area contributed by atoms with E-state index < -0.39 is 0 Å². The molecule has 1 unspecified atom stereocenters. The second kappa shape index (κ2) is 6.99. The molecule has 0 spiro atoms. The van der Waals surface area contributed by atoms with Crippen LogP contribution >= 0.6 is 0 Å². The normalized spacial score (nSPS) is 14.9. The number of benzene rings is 2. The Morgan fingerprint density at radius 2 is 1.52 bits per heavy atom. The van der Waals surface area contributed by atoms with Crippen molar-refractivity contribution < 1.29 is 9.53 Å². The van der Waals surface area contributed by atoms with E-state index in [1.165, 1.54) is 34.7 Å². The molecule has 0 saturated carbocycles. The molecule has 0 N–H and O–H groups in total. The molecule has 4 aliphatic rings. The highest BCUT2D eigenvalue weighted by atomic mass is 16.5. The zero-order valence-corrected chi connectivity index (χ0v) is 14.0. The fourth-order valence-corrected chi connectivity index (χ4v) is 3.34. The summed E-state index contributed by atoms with van der Waals surface area (Å²) in [5.41, 5.74) is 6.85. The number of esters is 1. The Hall–Kier alpha value is -2.09. The molecule has 0 saturated heterocycles. The van der Waals surface area contributed by atoms with Gasteiger partial charge in [-0.3, -0.25) is 4.79 Å². The van der Waals surface area contributed by atoms with Crippen molar-refractivity contribution in [2.24, 2.45) is 0 Å². The van der Waals surface area contributed by atoms with E-state index in [0.29, 0.717) is 0 Å². The SMILES string of the molecule is CC(=O)OC(C)Cc1cc2ccc1CCc1ccc(cc1)CC2. The molecule has 2 nitrogen and oxygen atoms in total. The molecule has 4 aliphatic carbocycles. The first-order valence-electron chi connectivity index (χ1n) is 8.46. The van der Waals surface area contributed by atoms with E-state index in [0.717, 1.165) is 32.1 Å². The lowest BCUT2D eigenvalue weighted by Crippen LogP contribution is -2.16. The van der Waals surface area contributed by atoms with Gasteiger partial charge in [-0.05, 0) is 60.4 Å². The number of carbonyl (C=O) groups is 1. The highest BCUT2D eigenvalue weighted by Crippen LogP contribution is 2.21. The summed E-state index contributed by atoms with van der Waals surface area (Å²) in [7, 11) is 0. The Bertz CT molecular complexity index is 685. The second-order valence-electron chi connectivity index (χ2n) is 6.54. The summed E-state index contributed by atoms with van der Waals surface area (Å²) in [4.78, 5) is 11.2. The topological polar surface area (TPSA) is 26.3 Å². The zero-order chi connectivity index (χ0) is 16.2. The van der Waals surface area contributed by atoms with Crippen LogP contribution in [0.4, 0.5) is 0 Å². The van der Waals surface area contributed by atoms with Crippen LogP contribution in [0, 0.1) is 0 Å². The van der Waals surface area contributed by atoms with Gasteiger partial charge in [0.25, 0.3) is 0 Å². The molecule has 120 valence electrons. The third-order valence-corrected chi connectivity index (χ3v) is 4.55. The summed E-state index contributed by atoms with van der Waals surface area (Å²) in [6.45, 7) is 3.45. The van der Waals surface area contributed by atoms with E-state index in [9.17, 15) is 4.79 Å². The van der Waals surface area contributed by atoms with Crippen LogP contribution in [0.2, 0.25) is 0 Å². The second-order valence-corrected chi connectivity index (χ2v) is 6.54. The van der Waals surface area contributed by atoms with Gasteiger partial charge in [0.2, 0.25) is 0 Å². The van der Waals surface area contributed by atoms with Crippen molar-refractivity contribution in [3.63, 3.8) is 0 Å². The average Bonchev–Trinajstić information content (AvgIpc) is 2.50. The Morgan fingerprint density at radius 1 is 0.957 bits per heavy atom. The Kier molecular flexibility index (Phi) is 4.80. The van der Waals surface area contributed by atoms with Crippen LogP contribution in [0.25, 0.3) is 0 Å². The first kappa shape index (κ1) is 15.8. The summed E-state index contributed by atoms with van der Waals surface area (Å²) in [6.07, 6.45) is 4.91. The number of rotatable bonds is 3. The Morgan fingerprint density at radius 3 is 2.17 bits per heavy atom. The van der Waals surface area contributed by atoms with Crippen molar-refractivity contribution in [1.82, 2.24) is 0 Å². The molecule has 0 aliphatic heterocycles. The van der Waals surface area contributed by atoms with E-state index >= 15 is 0 Å². The van der Waals surface area contributed by atoms with Crippen molar-refractivity contribution in [1.29, 1.82) is 0 Å². The van der Waals surface area contributed by atoms with Crippen molar-refractivity contribution in [3.05, 3.63) is 70.3 Å². The molecule has 0 radical (unpaired) electrons. The molecule has 2 aromatic rings. The van der Waals surface area contributed by atoms with E-state index in [1.807, 2.05) is 6.92 Å². The van der Waals surface area contributed by atoms with E-state index in [4.69, 9.17) is 4.74 Å². The summed E-state index contributed by atoms with van der Waals surface area (Å²) in [5, 5.41) is 0. The lowest BCUT2D eigenvalue weighted by molar-refractivity contribution is -0.145. The number of ether oxygens (including phenoxy) is 1. The monoisotopic (exact) mass is 308 g/mol. The molecule has 0 heterocycles. The fourth-order valence-electron chi connectivity index (χ4n) is 3.34. The minimum absolute atomic E-state index is 0.0762. The first-order valence-corrected chi connectivity index (χ1v) is 8.46. The molecule has 0 fully saturated rings. The van der Waals surface area contributed by atoms with Crippen LogP contribution in [-0.2, 0) is 41.6 Å². The van der Waals surface area contributed by atoms with Crippen LogP contribution in [0.1, 0.15) is 41.7 Å². The van der Waals surface area contributed by atoms with Gasteiger partial charge >= 0.3 is 5.97 Å². The van der Waals surface area contributed by atoms with Crippen LogP contribution < -0.4 is 0 Å². The van der Waals surface area contributed by atoms with Crippen LogP contribution in [0.15, 0.2) is 42.5 Å². The van der Waals surface area contributed by atoms with E-state index in [1.54, 1.807) is 0 Å². The largest absolute Gasteiger partial charge is 0.463 e. The maximum Gasteiger partial charge on any atom is 0.302 e. The summed E-state index contributed by atoms with van der Waals surface area (Å²) in [5.74, 6) is -0.204. The summed E-state index contributed by atoms with van der Waals surface area (Å²) in [6, 6.07) is 15.8. The molecule has 23 heavy (non-hydrogen) atoms. The summed E-state index contributed by atoms with van der Waals surface area (Å²) >= 11 is 0. The minimum Gasteiger partial charge on any atom is -0.463 e. The van der Waals surface area contributed by atoms with E-state index in [-0.39, 0.29) is 12.1 Å². The zero-order valence-electron chi connectivity index (χ0n) is 14.0. The molecule has 6 rings (SSSR count). The van der Waals surface area contributed by atoms with Gasteiger partial charge in [-0.1, -0.05) is 42.5 Å². The smallest absolute Gasteiger partial charge is 0.302 e. The Balaban J connectivity index is 1.85. The van der Waals surface area contributed by atoms with Gasteiger partial charge in [-0.2, -0.15) is 0 Å². The van der Waals surface area contributed by atoms with Gasteiger partial charge in [0.1, 0.15) is 6.10 Å². The lowest BCUT2D eigenvalue weighted by atomic mass is 9.91. The third-order valence-electron chi connectivity index (χ3n) is 4.55. The van der Waals surface area contributed by atoms with Crippen LogP contribution in [0.3, 0.4) is 0 Å². The van der Waals surface area contributed by atoms with Gasteiger partial charge < -0.3 is 4.74 Å². The molecular weight excluding hydrogens is 284 g/mol. The number of hydrogen-bond acceptors (Lipinski definition) is 2. The summed E-state index contributed by atoms with van der Waals surface area (Å²) < 4.78 is 5.32. The molecule has 1 atom stereocenters. The first-order chi connectivity index (χ1) is 11.1. The fraction of sp³-hybridized carbons (Fsp3) is 0.381. The van der Waals surface area contributed by atoms with Crippen molar-refractivity contribution in [2.75, 3.05) is 0 Å². The van der Waals surface area contributed by atoms with Crippen LogP contribution in [0.5, 0.6) is 0 Å². The van der Waals surface area contributed by atoms with Crippen molar-refractivity contribution in [3.8, 4) is 0 Å². The van der Waals surface area contributed by atoms with Crippen LogP contribution in [-0.4, -0.2) is 12.1 Å². The van der Waals surface area contributed by atoms with Gasteiger partial charge in [0, 0.05) is 13.3 Å². The predicted octanol–water partition coefficient (Wildman–Crippen LogP) is 4.06. The molecule has 4 bridgehead atoms. The molecular formula is C21H24O2. The van der Waals surface area contributed by atoms with Gasteiger partial charge in [0.05, 0.1) is 0 Å². The van der Waals surface area contributed by atoms with Crippen molar-refractivity contribution >= 4 is 5.97 Å². The van der Waals surface area contributed by atoms with Gasteiger partial charge in [0.15, 0.2) is 0 Å². The highest BCUT2D eigenvalue weighted by Gasteiger charge is 2.12. The molecule has 0 amide bonds. The maximum atomic E-state index is 11.2. The molecule has 0 aromatic heterocycles.